The van der Waals surface area contributed by atoms with Gasteiger partial charge in [-0.3, -0.25) is 0 Å². The molecule has 0 spiro atoms. The highest BCUT2D eigenvalue weighted by Crippen LogP contribution is 2.20. The molecule has 0 saturated carbocycles. The SMILES string of the molecule is CC(C)c1ccc2nc(CC(C)c3ccc4nccn4c3)nn2n1. The smallest absolute Gasteiger partial charge is 0.176 e. The molecule has 0 aliphatic heterocycles. The van der Waals surface area contributed by atoms with Crippen LogP contribution < -0.4 is 0 Å². The summed E-state index contributed by atoms with van der Waals surface area (Å²) in [6.07, 6.45) is 6.68. The van der Waals surface area contributed by atoms with E-state index in [0.717, 1.165) is 29.2 Å². The summed E-state index contributed by atoms with van der Waals surface area (Å²) in [6, 6.07) is 8.17. The standard InChI is InChI=1S/C18H20N6/c1-12(2)15-5-7-18-20-16(22-24(18)21-15)10-13(3)14-4-6-17-19-8-9-23(17)11-14/h4-9,11-13H,10H2,1-3H3. The summed E-state index contributed by atoms with van der Waals surface area (Å²) in [5, 5.41) is 9.09. The van der Waals surface area contributed by atoms with Gasteiger partial charge in [-0.2, -0.15) is 5.10 Å². The minimum absolute atomic E-state index is 0.318. The Bertz CT molecular complexity index is 997. The van der Waals surface area contributed by atoms with Crippen LogP contribution in [0.3, 0.4) is 0 Å². The molecular weight excluding hydrogens is 300 g/mol. The number of rotatable bonds is 4. The molecule has 0 aromatic carbocycles. The van der Waals surface area contributed by atoms with Crippen molar-refractivity contribution in [3.63, 3.8) is 0 Å². The highest BCUT2D eigenvalue weighted by molar-refractivity contribution is 5.40. The van der Waals surface area contributed by atoms with Crippen molar-refractivity contribution in [2.24, 2.45) is 0 Å². The van der Waals surface area contributed by atoms with Crippen LogP contribution in [0, 0.1) is 0 Å². The molecule has 0 amide bonds. The maximum absolute atomic E-state index is 4.60. The lowest BCUT2D eigenvalue weighted by molar-refractivity contribution is 0.676. The maximum atomic E-state index is 4.60. The van der Waals surface area contributed by atoms with E-state index < -0.39 is 0 Å². The predicted octanol–water partition coefficient (Wildman–Crippen LogP) is 3.24. The third-order valence-corrected chi connectivity index (χ3v) is 4.33. The van der Waals surface area contributed by atoms with E-state index in [9.17, 15) is 0 Å². The van der Waals surface area contributed by atoms with Crippen LogP contribution in [0.2, 0.25) is 0 Å². The molecule has 0 N–H and O–H groups in total. The largest absolute Gasteiger partial charge is 0.307 e. The normalized spacial score (nSPS) is 13.2. The van der Waals surface area contributed by atoms with Crippen LogP contribution in [0.4, 0.5) is 0 Å². The van der Waals surface area contributed by atoms with Crippen molar-refractivity contribution < 1.29 is 0 Å². The van der Waals surface area contributed by atoms with E-state index in [4.69, 9.17) is 0 Å². The molecular formula is C18H20N6. The van der Waals surface area contributed by atoms with E-state index in [1.807, 2.05) is 35.0 Å². The fraction of sp³-hybridized carbons (Fsp3) is 0.333. The van der Waals surface area contributed by atoms with Crippen LogP contribution in [0.25, 0.3) is 11.3 Å². The van der Waals surface area contributed by atoms with E-state index in [0.29, 0.717) is 11.8 Å². The van der Waals surface area contributed by atoms with Crippen LogP contribution in [0.5, 0.6) is 0 Å². The molecule has 4 rings (SSSR count). The molecule has 0 fully saturated rings. The Balaban J connectivity index is 1.60. The number of hydrogen-bond donors (Lipinski definition) is 0. The molecule has 6 heteroatoms. The molecule has 6 nitrogen and oxygen atoms in total. The summed E-state index contributed by atoms with van der Waals surface area (Å²) < 4.78 is 3.69. The summed E-state index contributed by atoms with van der Waals surface area (Å²) >= 11 is 0. The van der Waals surface area contributed by atoms with E-state index >= 15 is 0 Å². The van der Waals surface area contributed by atoms with Crippen LogP contribution in [0.15, 0.2) is 42.9 Å². The first-order valence-electron chi connectivity index (χ1n) is 8.25. The summed E-state index contributed by atoms with van der Waals surface area (Å²) in [6.45, 7) is 6.44. The second-order valence-electron chi connectivity index (χ2n) is 6.55. The fourth-order valence-electron chi connectivity index (χ4n) is 2.85. The van der Waals surface area contributed by atoms with Crippen LogP contribution in [-0.4, -0.2) is 29.2 Å². The van der Waals surface area contributed by atoms with Gasteiger partial charge in [-0.25, -0.2) is 9.97 Å². The van der Waals surface area contributed by atoms with Gasteiger partial charge in [-0.1, -0.05) is 26.8 Å². The van der Waals surface area contributed by atoms with Crippen LogP contribution in [-0.2, 0) is 6.42 Å². The molecule has 1 atom stereocenters. The Morgan fingerprint density at radius 3 is 2.67 bits per heavy atom. The van der Waals surface area contributed by atoms with Gasteiger partial charge in [-0.05, 0) is 35.6 Å². The van der Waals surface area contributed by atoms with Gasteiger partial charge in [0, 0.05) is 25.0 Å². The molecule has 4 heterocycles. The van der Waals surface area contributed by atoms with Gasteiger partial charge in [0.05, 0.1) is 5.69 Å². The summed E-state index contributed by atoms with van der Waals surface area (Å²) in [4.78, 5) is 8.88. The van der Waals surface area contributed by atoms with Crippen molar-refractivity contribution in [3.8, 4) is 0 Å². The Labute approximate surface area is 140 Å². The summed E-state index contributed by atoms with van der Waals surface area (Å²) in [5.74, 6) is 1.52. The van der Waals surface area contributed by atoms with Crippen LogP contribution >= 0.6 is 0 Å². The minimum atomic E-state index is 0.318. The highest BCUT2D eigenvalue weighted by Gasteiger charge is 2.13. The first-order chi connectivity index (χ1) is 11.6. The Hall–Kier alpha value is -2.76. The van der Waals surface area contributed by atoms with Gasteiger partial charge in [0.1, 0.15) is 5.65 Å². The van der Waals surface area contributed by atoms with Gasteiger partial charge in [0.15, 0.2) is 11.5 Å². The van der Waals surface area contributed by atoms with E-state index in [1.165, 1.54) is 5.56 Å². The summed E-state index contributed by atoms with van der Waals surface area (Å²) in [5.41, 5.74) is 4.03. The molecule has 0 saturated heterocycles. The van der Waals surface area contributed by atoms with Gasteiger partial charge in [0.25, 0.3) is 0 Å². The Kier molecular flexibility index (Phi) is 3.52. The van der Waals surface area contributed by atoms with Crippen molar-refractivity contribution in [3.05, 3.63) is 59.9 Å². The molecule has 0 aliphatic rings. The number of aromatic nitrogens is 6. The lowest BCUT2D eigenvalue weighted by atomic mass is 9.99. The van der Waals surface area contributed by atoms with Gasteiger partial charge in [0.2, 0.25) is 0 Å². The molecule has 24 heavy (non-hydrogen) atoms. The molecule has 1 unspecified atom stereocenters. The fourth-order valence-corrected chi connectivity index (χ4v) is 2.85. The lowest BCUT2D eigenvalue weighted by Gasteiger charge is -2.09. The molecule has 4 aromatic heterocycles. The topological polar surface area (TPSA) is 60.4 Å². The second kappa shape index (κ2) is 5.70. The quantitative estimate of drug-likeness (QED) is 0.579. The maximum Gasteiger partial charge on any atom is 0.176 e. The average Bonchev–Trinajstić information content (AvgIpc) is 3.18. The minimum Gasteiger partial charge on any atom is -0.307 e. The molecule has 0 radical (unpaired) electrons. The van der Waals surface area contributed by atoms with Crippen molar-refractivity contribution >= 4 is 11.3 Å². The second-order valence-corrected chi connectivity index (χ2v) is 6.55. The van der Waals surface area contributed by atoms with E-state index in [1.54, 1.807) is 4.63 Å². The lowest BCUT2D eigenvalue weighted by Crippen LogP contribution is -2.03. The van der Waals surface area contributed by atoms with Crippen molar-refractivity contribution in [2.75, 3.05) is 0 Å². The van der Waals surface area contributed by atoms with Crippen molar-refractivity contribution in [1.29, 1.82) is 0 Å². The van der Waals surface area contributed by atoms with Crippen LogP contribution in [0.1, 0.15) is 49.7 Å². The predicted molar refractivity (Wildman–Crippen MR) is 92.2 cm³/mol. The Morgan fingerprint density at radius 2 is 1.83 bits per heavy atom. The highest BCUT2D eigenvalue weighted by atomic mass is 15.4. The van der Waals surface area contributed by atoms with Gasteiger partial charge in [-0.15, -0.1) is 9.73 Å². The van der Waals surface area contributed by atoms with E-state index in [2.05, 4.69) is 53.2 Å². The number of pyridine rings is 1. The molecule has 0 bridgehead atoms. The van der Waals surface area contributed by atoms with Crippen molar-refractivity contribution in [1.82, 2.24) is 29.2 Å². The number of hydrogen-bond acceptors (Lipinski definition) is 4. The average molecular weight is 320 g/mol. The monoisotopic (exact) mass is 320 g/mol. The van der Waals surface area contributed by atoms with Gasteiger partial charge >= 0.3 is 0 Å². The number of nitrogens with zero attached hydrogens (tertiary/aromatic N) is 6. The molecule has 4 aromatic rings. The number of imidazole rings is 1. The molecule has 122 valence electrons. The van der Waals surface area contributed by atoms with E-state index in [-0.39, 0.29) is 0 Å². The zero-order valence-electron chi connectivity index (χ0n) is 14.1. The van der Waals surface area contributed by atoms with Gasteiger partial charge < -0.3 is 4.40 Å². The zero-order chi connectivity index (χ0) is 16.7. The van der Waals surface area contributed by atoms with Crippen molar-refractivity contribution in [2.45, 2.75) is 39.0 Å². The first-order valence-corrected chi connectivity index (χ1v) is 8.25. The summed E-state index contributed by atoms with van der Waals surface area (Å²) in [7, 11) is 0. The Morgan fingerprint density at radius 1 is 1.00 bits per heavy atom. The third kappa shape index (κ3) is 2.64. The zero-order valence-corrected chi connectivity index (χ0v) is 14.1. The molecule has 0 aliphatic carbocycles. The first kappa shape index (κ1) is 14.8. The third-order valence-electron chi connectivity index (χ3n) is 4.33. The number of fused-ring (bicyclic) bond motifs is 2.